The molecule has 1 aliphatic carbocycles. The van der Waals surface area contributed by atoms with Crippen molar-refractivity contribution in [3.8, 4) is 0 Å². The highest BCUT2D eigenvalue weighted by atomic mass is 16.4. The number of rotatable bonds is 13. The molecule has 0 spiro atoms. The first-order valence-electron chi connectivity index (χ1n) is 9.66. The first-order valence-corrected chi connectivity index (χ1v) is 9.66. The van der Waals surface area contributed by atoms with E-state index in [0.29, 0.717) is 19.3 Å². The Kier molecular flexibility index (Phi) is 9.73. The molecule has 24 heavy (non-hydrogen) atoms. The van der Waals surface area contributed by atoms with Gasteiger partial charge >= 0.3 is 11.9 Å². The van der Waals surface area contributed by atoms with Gasteiger partial charge in [0.1, 0.15) is 0 Å². The number of unbranched alkanes of at least 4 members (excludes halogenated alkanes) is 9. The Morgan fingerprint density at radius 1 is 0.917 bits per heavy atom. The van der Waals surface area contributed by atoms with Crippen LogP contribution in [-0.4, -0.2) is 22.2 Å². The van der Waals surface area contributed by atoms with Crippen LogP contribution in [0.2, 0.25) is 0 Å². The van der Waals surface area contributed by atoms with E-state index in [9.17, 15) is 19.8 Å². The fourth-order valence-corrected chi connectivity index (χ4v) is 3.78. The molecule has 0 bridgehead atoms. The minimum absolute atomic E-state index is 0.333. The van der Waals surface area contributed by atoms with Crippen LogP contribution in [0.3, 0.4) is 0 Å². The highest BCUT2D eigenvalue weighted by Gasteiger charge is 2.48. The summed E-state index contributed by atoms with van der Waals surface area (Å²) >= 11 is 0. The first-order chi connectivity index (χ1) is 11.5. The molecule has 0 aliphatic heterocycles. The van der Waals surface area contributed by atoms with E-state index in [1.165, 1.54) is 44.9 Å². The molecule has 138 valence electrons. The average molecular weight is 338 g/mol. The molecule has 0 aromatic carbocycles. The van der Waals surface area contributed by atoms with Crippen molar-refractivity contribution in [2.75, 3.05) is 0 Å². The fourth-order valence-electron chi connectivity index (χ4n) is 3.78. The normalized spacial score (nSPS) is 23.3. The Morgan fingerprint density at radius 3 is 1.96 bits per heavy atom. The molecule has 4 heteroatoms. The van der Waals surface area contributed by atoms with Gasteiger partial charge in [-0.3, -0.25) is 9.59 Å². The topological polar surface area (TPSA) is 74.6 Å². The van der Waals surface area contributed by atoms with E-state index in [0.717, 1.165) is 19.3 Å². The number of allylic oxidation sites excluding steroid dienone is 2. The van der Waals surface area contributed by atoms with Crippen LogP contribution >= 0.6 is 0 Å². The maximum Gasteiger partial charge on any atom is 0.310 e. The van der Waals surface area contributed by atoms with Gasteiger partial charge in [0.05, 0.1) is 11.3 Å². The lowest BCUT2D eigenvalue weighted by molar-refractivity contribution is -0.163. The molecule has 1 rings (SSSR count). The van der Waals surface area contributed by atoms with Crippen molar-refractivity contribution in [3.05, 3.63) is 12.2 Å². The van der Waals surface area contributed by atoms with Crippen LogP contribution in [0.25, 0.3) is 0 Å². The van der Waals surface area contributed by atoms with Crippen LogP contribution in [0.1, 0.15) is 90.4 Å². The van der Waals surface area contributed by atoms with Crippen LogP contribution in [0.15, 0.2) is 12.2 Å². The van der Waals surface area contributed by atoms with Gasteiger partial charge in [0.2, 0.25) is 0 Å². The number of carboxylic acid groups (broad SMARTS) is 2. The minimum Gasteiger partial charge on any atom is -0.481 e. The predicted octanol–water partition coefficient (Wildman–Crippen LogP) is 5.42. The molecule has 0 saturated heterocycles. The molecular formula is C20H34O4. The van der Waals surface area contributed by atoms with Crippen molar-refractivity contribution in [2.24, 2.45) is 11.3 Å². The largest absolute Gasteiger partial charge is 0.481 e. The second-order valence-electron chi connectivity index (χ2n) is 7.20. The van der Waals surface area contributed by atoms with Gasteiger partial charge in [-0.15, -0.1) is 0 Å². The van der Waals surface area contributed by atoms with Gasteiger partial charge in [-0.2, -0.15) is 0 Å². The third-order valence-electron chi connectivity index (χ3n) is 5.39. The van der Waals surface area contributed by atoms with E-state index in [-0.39, 0.29) is 0 Å². The van der Waals surface area contributed by atoms with Crippen molar-refractivity contribution in [3.63, 3.8) is 0 Å². The molecule has 2 unspecified atom stereocenters. The summed E-state index contributed by atoms with van der Waals surface area (Å²) in [5.74, 6) is -2.72. The van der Waals surface area contributed by atoms with E-state index in [1.54, 1.807) is 6.08 Å². The zero-order chi connectivity index (χ0) is 17.8. The molecule has 0 aromatic rings. The van der Waals surface area contributed by atoms with Gasteiger partial charge in [-0.25, -0.2) is 0 Å². The monoisotopic (exact) mass is 338 g/mol. The van der Waals surface area contributed by atoms with E-state index in [2.05, 4.69) is 6.92 Å². The molecule has 2 atom stereocenters. The SMILES string of the molecule is CCCCCCCCCCCCC1(C(=O)O)CC=CCC1C(=O)O. The van der Waals surface area contributed by atoms with E-state index < -0.39 is 23.3 Å². The van der Waals surface area contributed by atoms with Crippen LogP contribution < -0.4 is 0 Å². The highest BCUT2D eigenvalue weighted by Crippen LogP contribution is 2.43. The summed E-state index contributed by atoms with van der Waals surface area (Å²) < 4.78 is 0. The van der Waals surface area contributed by atoms with Crippen molar-refractivity contribution in [2.45, 2.75) is 90.4 Å². The zero-order valence-electron chi connectivity index (χ0n) is 15.1. The van der Waals surface area contributed by atoms with Gasteiger partial charge in [0, 0.05) is 0 Å². The first kappa shape index (κ1) is 20.7. The van der Waals surface area contributed by atoms with Crippen molar-refractivity contribution < 1.29 is 19.8 Å². The summed E-state index contributed by atoms with van der Waals surface area (Å²) in [5.41, 5.74) is -1.11. The van der Waals surface area contributed by atoms with Crippen molar-refractivity contribution in [1.82, 2.24) is 0 Å². The summed E-state index contributed by atoms with van der Waals surface area (Å²) in [5, 5.41) is 19.0. The summed E-state index contributed by atoms with van der Waals surface area (Å²) in [7, 11) is 0. The van der Waals surface area contributed by atoms with Gasteiger partial charge in [-0.1, -0.05) is 83.3 Å². The van der Waals surface area contributed by atoms with Crippen LogP contribution in [0.4, 0.5) is 0 Å². The third-order valence-corrected chi connectivity index (χ3v) is 5.39. The van der Waals surface area contributed by atoms with Gasteiger partial charge < -0.3 is 10.2 Å². The van der Waals surface area contributed by atoms with Crippen molar-refractivity contribution in [1.29, 1.82) is 0 Å². The summed E-state index contributed by atoms with van der Waals surface area (Å²) in [4.78, 5) is 23.2. The van der Waals surface area contributed by atoms with Crippen LogP contribution in [-0.2, 0) is 9.59 Å². The quantitative estimate of drug-likeness (QED) is 0.347. The lowest BCUT2D eigenvalue weighted by Crippen LogP contribution is -2.43. The molecule has 0 saturated carbocycles. The zero-order valence-corrected chi connectivity index (χ0v) is 15.1. The van der Waals surface area contributed by atoms with Crippen LogP contribution in [0, 0.1) is 11.3 Å². The minimum atomic E-state index is -1.11. The van der Waals surface area contributed by atoms with E-state index in [1.807, 2.05) is 6.08 Å². The third kappa shape index (κ3) is 6.29. The molecule has 4 nitrogen and oxygen atoms in total. The molecule has 2 N–H and O–H groups in total. The highest BCUT2D eigenvalue weighted by molar-refractivity contribution is 5.84. The Balaban J connectivity index is 2.29. The fraction of sp³-hybridized carbons (Fsp3) is 0.800. The molecular weight excluding hydrogens is 304 g/mol. The molecule has 1 aliphatic rings. The van der Waals surface area contributed by atoms with Gasteiger partial charge in [-0.05, 0) is 19.3 Å². The Morgan fingerprint density at radius 2 is 1.46 bits per heavy atom. The summed E-state index contributed by atoms with van der Waals surface area (Å²) in [6, 6.07) is 0. The Labute approximate surface area is 146 Å². The standard InChI is InChI=1S/C20H34O4/c1-2-3-4-5-6-7-8-9-10-12-15-20(19(23)24)16-13-11-14-17(20)18(21)22/h11,13,17H,2-10,12,14-16H2,1H3,(H,21,22)(H,23,24). The van der Waals surface area contributed by atoms with E-state index in [4.69, 9.17) is 0 Å². The predicted molar refractivity (Wildman–Crippen MR) is 96.0 cm³/mol. The number of carboxylic acids is 2. The summed E-state index contributed by atoms with van der Waals surface area (Å²) in [6.07, 6.45) is 16.7. The average Bonchev–Trinajstić information content (AvgIpc) is 2.56. The number of aliphatic carboxylic acids is 2. The molecule has 0 amide bonds. The lowest BCUT2D eigenvalue weighted by atomic mass is 9.66. The smallest absolute Gasteiger partial charge is 0.310 e. The van der Waals surface area contributed by atoms with E-state index >= 15 is 0 Å². The second-order valence-corrected chi connectivity index (χ2v) is 7.20. The van der Waals surface area contributed by atoms with Crippen molar-refractivity contribution >= 4 is 11.9 Å². The van der Waals surface area contributed by atoms with Gasteiger partial charge in [0.15, 0.2) is 0 Å². The summed E-state index contributed by atoms with van der Waals surface area (Å²) in [6.45, 7) is 2.22. The van der Waals surface area contributed by atoms with Gasteiger partial charge in [0.25, 0.3) is 0 Å². The lowest BCUT2D eigenvalue weighted by Gasteiger charge is -2.36. The Hall–Kier alpha value is -1.32. The molecule has 0 radical (unpaired) electrons. The molecule has 0 heterocycles. The number of hydrogen-bond acceptors (Lipinski definition) is 2. The second kappa shape index (κ2) is 11.3. The maximum atomic E-state index is 11.8. The number of hydrogen-bond donors (Lipinski definition) is 2. The molecule has 0 aromatic heterocycles. The van der Waals surface area contributed by atoms with Crippen LogP contribution in [0.5, 0.6) is 0 Å². The molecule has 0 fully saturated rings. The Bertz CT molecular complexity index is 416. The maximum absolute atomic E-state index is 11.8. The number of carbonyl (C=O) groups is 2.